The van der Waals surface area contributed by atoms with Crippen molar-refractivity contribution in [3.05, 3.63) is 24.0 Å². The normalized spacial score (nSPS) is 11.9. The van der Waals surface area contributed by atoms with Gasteiger partial charge in [-0.1, -0.05) is 0 Å². The minimum Gasteiger partial charge on any atom is -0.392 e. The first-order chi connectivity index (χ1) is 6.63. The lowest BCUT2D eigenvalue weighted by Crippen LogP contribution is -2.26. The van der Waals surface area contributed by atoms with E-state index in [0.29, 0.717) is 12.1 Å². The van der Waals surface area contributed by atoms with Crippen LogP contribution in [-0.2, 0) is 0 Å². The Bertz CT molecular complexity index is 343. The molecule has 74 valence electrons. The SMILES string of the molecule is CC(O)CN(C)c1cncc(C#N)c1. The van der Waals surface area contributed by atoms with Crippen molar-refractivity contribution in [1.29, 1.82) is 5.26 Å². The molecule has 0 saturated heterocycles. The monoisotopic (exact) mass is 191 g/mol. The standard InChI is InChI=1S/C10H13N3O/c1-8(14)7-13(2)10-3-9(4-11)5-12-6-10/h3,5-6,8,14H,7H2,1-2H3. The van der Waals surface area contributed by atoms with Crippen molar-refractivity contribution >= 4 is 5.69 Å². The van der Waals surface area contributed by atoms with Crippen molar-refractivity contribution in [2.45, 2.75) is 13.0 Å². The van der Waals surface area contributed by atoms with Crippen LogP contribution in [0.25, 0.3) is 0 Å². The molecular weight excluding hydrogens is 178 g/mol. The number of aliphatic hydroxyl groups is 1. The predicted molar refractivity (Wildman–Crippen MR) is 53.9 cm³/mol. The van der Waals surface area contributed by atoms with E-state index in [2.05, 4.69) is 4.98 Å². The topological polar surface area (TPSA) is 60.1 Å². The molecule has 0 fully saturated rings. The van der Waals surface area contributed by atoms with E-state index in [0.717, 1.165) is 5.69 Å². The number of hydrogen-bond acceptors (Lipinski definition) is 4. The van der Waals surface area contributed by atoms with Gasteiger partial charge in [-0.25, -0.2) is 0 Å². The van der Waals surface area contributed by atoms with Gasteiger partial charge in [0.2, 0.25) is 0 Å². The average molecular weight is 191 g/mol. The van der Waals surface area contributed by atoms with Gasteiger partial charge in [-0.3, -0.25) is 4.98 Å². The fraction of sp³-hybridized carbons (Fsp3) is 0.400. The summed E-state index contributed by atoms with van der Waals surface area (Å²) in [4.78, 5) is 5.80. The molecule has 0 amide bonds. The van der Waals surface area contributed by atoms with Crippen LogP contribution < -0.4 is 4.90 Å². The fourth-order valence-electron chi connectivity index (χ4n) is 1.20. The van der Waals surface area contributed by atoms with Crippen LogP contribution in [0.15, 0.2) is 18.5 Å². The molecule has 1 aromatic heterocycles. The molecule has 0 saturated carbocycles. The number of anilines is 1. The van der Waals surface area contributed by atoms with E-state index in [1.807, 2.05) is 18.0 Å². The Balaban J connectivity index is 2.80. The van der Waals surface area contributed by atoms with Crippen LogP contribution in [-0.4, -0.2) is 29.8 Å². The van der Waals surface area contributed by atoms with Crippen LogP contribution in [0, 0.1) is 11.3 Å². The lowest BCUT2D eigenvalue weighted by molar-refractivity contribution is 0.201. The quantitative estimate of drug-likeness (QED) is 0.766. The van der Waals surface area contributed by atoms with Crippen LogP contribution in [0.1, 0.15) is 12.5 Å². The highest BCUT2D eigenvalue weighted by Crippen LogP contribution is 2.12. The third-order valence-electron chi connectivity index (χ3n) is 1.83. The van der Waals surface area contributed by atoms with Crippen LogP contribution >= 0.6 is 0 Å². The molecule has 0 aromatic carbocycles. The third kappa shape index (κ3) is 2.71. The smallest absolute Gasteiger partial charge is 0.101 e. The van der Waals surface area contributed by atoms with Gasteiger partial charge in [0.1, 0.15) is 6.07 Å². The molecular formula is C10H13N3O. The second-order valence-corrected chi connectivity index (χ2v) is 3.27. The number of nitrogens with zero attached hydrogens (tertiary/aromatic N) is 3. The highest BCUT2D eigenvalue weighted by molar-refractivity contribution is 5.48. The number of hydrogen-bond donors (Lipinski definition) is 1. The summed E-state index contributed by atoms with van der Waals surface area (Å²) in [7, 11) is 1.85. The van der Waals surface area contributed by atoms with E-state index in [1.165, 1.54) is 6.20 Å². The molecule has 0 aliphatic heterocycles. The molecule has 1 unspecified atom stereocenters. The summed E-state index contributed by atoms with van der Waals surface area (Å²) < 4.78 is 0. The Morgan fingerprint density at radius 1 is 1.64 bits per heavy atom. The Kier molecular flexibility index (Phi) is 3.43. The van der Waals surface area contributed by atoms with E-state index in [9.17, 15) is 5.11 Å². The Labute approximate surface area is 83.4 Å². The predicted octanol–water partition coefficient (Wildman–Crippen LogP) is 0.770. The van der Waals surface area contributed by atoms with E-state index in [-0.39, 0.29) is 0 Å². The zero-order valence-electron chi connectivity index (χ0n) is 8.31. The molecule has 1 atom stereocenters. The van der Waals surface area contributed by atoms with Crippen molar-refractivity contribution in [2.75, 3.05) is 18.5 Å². The largest absolute Gasteiger partial charge is 0.392 e. The molecule has 1 aromatic rings. The summed E-state index contributed by atoms with van der Waals surface area (Å²) in [5.41, 5.74) is 1.37. The van der Waals surface area contributed by atoms with Crippen LogP contribution in [0.5, 0.6) is 0 Å². The highest BCUT2D eigenvalue weighted by Gasteiger charge is 2.05. The summed E-state index contributed by atoms with van der Waals surface area (Å²) in [6.45, 7) is 2.24. The van der Waals surface area contributed by atoms with E-state index in [1.54, 1.807) is 19.2 Å². The van der Waals surface area contributed by atoms with Gasteiger partial charge < -0.3 is 10.0 Å². The Hall–Kier alpha value is -1.60. The number of aromatic nitrogens is 1. The summed E-state index contributed by atoms with van der Waals surface area (Å²) in [5.74, 6) is 0. The van der Waals surface area contributed by atoms with Gasteiger partial charge in [0.15, 0.2) is 0 Å². The molecule has 1 N–H and O–H groups in total. The molecule has 0 aliphatic carbocycles. The minimum atomic E-state index is -0.397. The lowest BCUT2D eigenvalue weighted by Gasteiger charge is -2.20. The molecule has 14 heavy (non-hydrogen) atoms. The zero-order chi connectivity index (χ0) is 10.6. The molecule has 1 heterocycles. The van der Waals surface area contributed by atoms with Crippen molar-refractivity contribution in [3.63, 3.8) is 0 Å². The van der Waals surface area contributed by atoms with Gasteiger partial charge in [-0.2, -0.15) is 5.26 Å². The number of rotatable bonds is 3. The summed E-state index contributed by atoms with van der Waals surface area (Å²) in [6, 6.07) is 3.77. The molecule has 0 spiro atoms. The lowest BCUT2D eigenvalue weighted by atomic mass is 10.2. The summed E-state index contributed by atoms with van der Waals surface area (Å²) in [6.07, 6.45) is 2.79. The second-order valence-electron chi connectivity index (χ2n) is 3.27. The van der Waals surface area contributed by atoms with Gasteiger partial charge in [0.05, 0.1) is 23.6 Å². The van der Waals surface area contributed by atoms with Crippen molar-refractivity contribution in [2.24, 2.45) is 0 Å². The Morgan fingerprint density at radius 3 is 2.93 bits per heavy atom. The zero-order valence-corrected chi connectivity index (χ0v) is 8.31. The maximum absolute atomic E-state index is 9.18. The van der Waals surface area contributed by atoms with Gasteiger partial charge in [-0.05, 0) is 13.0 Å². The molecule has 0 aliphatic rings. The van der Waals surface area contributed by atoms with Crippen LogP contribution in [0.2, 0.25) is 0 Å². The van der Waals surface area contributed by atoms with E-state index < -0.39 is 6.10 Å². The first-order valence-corrected chi connectivity index (χ1v) is 4.38. The van der Waals surface area contributed by atoms with Crippen LogP contribution in [0.3, 0.4) is 0 Å². The number of nitriles is 1. The maximum Gasteiger partial charge on any atom is 0.101 e. The average Bonchev–Trinajstić information content (AvgIpc) is 2.17. The Morgan fingerprint density at radius 2 is 2.36 bits per heavy atom. The fourth-order valence-corrected chi connectivity index (χ4v) is 1.20. The number of pyridine rings is 1. The van der Waals surface area contributed by atoms with Crippen molar-refractivity contribution < 1.29 is 5.11 Å². The van der Waals surface area contributed by atoms with Gasteiger partial charge in [0.25, 0.3) is 0 Å². The minimum absolute atomic E-state index is 0.397. The van der Waals surface area contributed by atoms with Crippen molar-refractivity contribution in [1.82, 2.24) is 4.98 Å². The first-order valence-electron chi connectivity index (χ1n) is 4.38. The third-order valence-corrected chi connectivity index (χ3v) is 1.83. The van der Waals surface area contributed by atoms with Gasteiger partial charge in [0, 0.05) is 19.8 Å². The van der Waals surface area contributed by atoms with Gasteiger partial charge >= 0.3 is 0 Å². The highest BCUT2D eigenvalue weighted by atomic mass is 16.3. The van der Waals surface area contributed by atoms with Crippen molar-refractivity contribution in [3.8, 4) is 6.07 Å². The van der Waals surface area contributed by atoms with E-state index in [4.69, 9.17) is 5.26 Å². The maximum atomic E-state index is 9.18. The summed E-state index contributed by atoms with van der Waals surface area (Å²) in [5, 5.41) is 17.9. The number of likely N-dealkylation sites (N-methyl/N-ethyl adjacent to an activating group) is 1. The molecule has 0 radical (unpaired) electrons. The van der Waals surface area contributed by atoms with E-state index >= 15 is 0 Å². The van der Waals surface area contributed by atoms with Crippen LogP contribution in [0.4, 0.5) is 5.69 Å². The second kappa shape index (κ2) is 4.58. The summed E-state index contributed by atoms with van der Waals surface area (Å²) >= 11 is 0. The molecule has 0 bridgehead atoms. The molecule has 4 nitrogen and oxygen atoms in total. The molecule has 1 rings (SSSR count). The first kappa shape index (κ1) is 10.5. The molecule has 4 heteroatoms. The number of aliphatic hydroxyl groups excluding tert-OH is 1. The van der Waals surface area contributed by atoms with Gasteiger partial charge in [-0.15, -0.1) is 0 Å².